The summed E-state index contributed by atoms with van der Waals surface area (Å²) in [7, 11) is 0. The van der Waals surface area contributed by atoms with Crippen LogP contribution in [0.15, 0.2) is 24.3 Å². The van der Waals surface area contributed by atoms with E-state index in [2.05, 4.69) is 4.90 Å². The summed E-state index contributed by atoms with van der Waals surface area (Å²) in [6.07, 6.45) is 4.94. The van der Waals surface area contributed by atoms with E-state index in [0.717, 1.165) is 31.1 Å². The van der Waals surface area contributed by atoms with Crippen LogP contribution < -0.4 is 10.6 Å². The lowest BCUT2D eigenvalue weighted by atomic mass is 9.85. The van der Waals surface area contributed by atoms with Crippen molar-refractivity contribution in [2.24, 2.45) is 11.7 Å². The van der Waals surface area contributed by atoms with Crippen molar-refractivity contribution in [3.8, 4) is 0 Å². The lowest BCUT2D eigenvalue weighted by Gasteiger charge is -2.33. The molecule has 3 heteroatoms. The van der Waals surface area contributed by atoms with E-state index >= 15 is 0 Å². The minimum Gasteiger partial charge on any atom is -0.371 e. The monoisotopic (exact) mass is 236 g/mol. The van der Waals surface area contributed by atoms with Crippen molar-refractivity contribution in [2.45, 2.75) is 25.7 Å². The number of hydrogen-bond acceptors (Lipinski definition) is 2. The van der Waals surface area contributed by atoms with E-state index in [9.17, 15) is 4.39 Å². The highest BCUT2D eigenvalue weighted by Crippen LogP contribution is 2.29. The van der Waals surface area contributed by atoms with Crippen molar-refractivity contribution < 1.29 is 4.39 Å². The number of nitrogens with zero attached hydrogens (tertiary/aromatic N) is 1. The lowest BCUT2D eigenvalue weighted by molar-refractivity contribution is 0.317. The van der Waals surface area contributed by atoms with E-state index < -0.39 is 0 Å². The van der Waals surface area contributed by atoms with Crippen molar-refractivity contribution in [3.05, 3.63) is 30.1 Å². The summed E-state index contributed by atoms with van der Waals surface area (Å²) in [5.74, 6) is 0.630. The molecule has 0 amide bonds. The minimum absolute atomic E-state index is 0.158. The maximum Gasteiger partial charge on any atom is 0.125 e. The third-order valence-electron chi connectivity index (χ3n) is 3.51. The Labute approximate surface area is 103 Å². The fourth-order valence-corrected chi connectivity index (χ4v) is 2.27. The molecule has 1 aliphatic carbocycles. The topological polar surface area (TPSA) is 29.3 Å². The molecule has 2 rings (SSSR count). The summed E-state index contributed by atoms with van der Waals surface area (Å²) in [4.78, 5) is 2.28. The maximum absolute atomic E-state index is 13.2. The molecule has 0 atom stereocenters. The molecule has 0 aliphatic heterocycles. The Morgan fingerprint density at radius 1 is 1.35 bits per heavy atom. The zero-order chi connectivity index (χ0) is 12.1. The molecule has 0 heterocycles. The van der Waals surface area contributed by atoms with E-state index in [1.807, 2.05) is 6.07 Å². The molecule has 2 nitrogen and oxygen atoms in total. The Bertz CT molecular complexity index is 350. The second kappa shape index (κ2) is 6.01. The van der Waals surface area contributed by atoms with Gasteiger partial charge >= 0.3 is 0 Å². The van der Waals surface area contributed by atoms with Crippen LogP contribution in [-0.4, -0.2) is 19.6 Å². The van der Waals surface area contributed by atoms with E-state index in [0.29, 0.717) is 6.54 Å². The van der Waals surface area contributed by atoms with E-state index in [4.69, 9.17) is 5.73 Å². The molecule has 1 aromatic carbocycles. The molecule has 1 aliphatic rings. The van der Waals surface area contributed by atoms with Gasteiger partial charge in [-0.15, -0.1) is 0 Å². The van der Waals surface area contributed by atoms with Crippen LogP contribution >= 0.6 is 0 Å². The average Bonchev–Trinajstić information content (AvgIpc) is 2.27. The van der Waals surface area contributed by atoms with E-state index in [1.165, 1.54) is 25.3 Å². The highest BCUT2D eigenvalue weighted by Gasteiger charge is 2.20. The molecule has 17 heavy (non-hydrogen) atoms. The summed E-state index contributed by atoms with van der Waals surface area (Å²) in [6, 6.07) is 6.88. The zero-order valence-electron chi connectivity index (χ0n) is 10.2. The van der Waals surface area contributed by atoms with Gasteiger partial charge in [0.15, 0.2) is 0 Å². The molecule has 1 fully saturated rings. The highest BCUT2D eigenvalue weighted by atomic mass is 19.1. The smallest absolute Gasteiger partial charge is 0.125 e. The van der Waals surface area contributed by atoms with Crippen molar-refractivity contribution in [1.29, 1.82) is 0 Å². The van der Waals surface area contributed by atoms with Crippen LogP contribution in [0.25, 0.3) is 0 Å². The van der Waals surface area contributed by atoms with Gasteiger partial charge in [-0.2, -0.15) is 0 Å². The van der Waals surface area contributed by atoms with E-state index in [-0.39, 0.29) is 5.82 Å². The van der Waals surface area contributed by atoms with Crippen LogP contribution in [-0.2, 0) is 0 Å². The molecule has 1 saturated carbocycles. The number of nitrogens with two attached hydrogens (primary N) is 1. The Kier molecular flexibility index (Phi) is 4.37. The van der Waals surface area contributed by atoms with Crippen molar-refractivity contribution in [1.82, 2.24) is 0 Å². The third-order valence-corrected chi connectivity index (χ3v) is 3.51. The summed E-state index contributed by atoms with van der Waals surface area (Å²) in [6.45, 7) is 2.66. The summed E-state index contributed by atoms with van der Waals surface area (Å²) >= 11 is 0. The van der Waals surface area contributed by atoms with Gasteiger partial charge in [-0.05, 0) is 49.9 Å². The van der Waals surface area contributed by atoms with Crippen molar-refractivity contribution in [3.63, 3.8) is 0 Å². The van der Waals surface area contributed by atoms with Crippen LogP contribution in [0, 0.1) is 11.7 Å². The van der Waals surface area contributed by atoms with Crippen molar-refractivity contribution >= 4 is 5.69 Å². The van der Waals surface area contributed by atoms with Gasteiger partial charge < -0.3 is 10.6 Å². The Morgan fingerprint density at radius 2 is 2.18 bits per heavy atom. The first kappa shape index (κ1) is 12.4. The molecule has 0 saturated heterocycles. The Morgan fingerprint density at radius 3 is 2.76 bits per heavy atom. The third kappa shape index (κ3) is 3.43. The SMILES string of the molecule is NCCCN(CC1CCC1)c1cccc(F)c1. The standard InChI is InChI=1S/C14H21FN2/c15-13-6-2-7-14(10-13)17(9-3-8-16)11-12-4-1-5-12/h2,6-7,10,12H,1,3-5,8-9,11,16H2. The molecule has 0 aromatic heterocycles. The first-order chi connectivity index (χ1) is 8.29. The molecule has 2 N–H and O–H groups in total. The quantitative estimate of drug-likeness (QED) is 0.823. The van der Waals surface area contributed by atoms with Gasteiger partial charge in [-0.25, -0.2) is 4.39 Å². The van der Waals surface area contributed by atoms with Crippen molar-refractivity contribution in [2.75, 3.05) is 24.5 Å². The number of rotatable bonds is 6. The molecular formula is C14H21FN2. The number of halogens is 1. The lowest BCUT2D eigenvalue weighted by Crippen LogP contribution is -2.34. The molecule has 0 spiro atoms. The zero-order valence-corrected chi connectivity index (χ0v) is 10.2. The highest BCUT2D eigenvalue weighted by molar-refractivity contribution is 5.46. The molecular weight excluding hydrogens is 215 g/mol. The first-order valence-corrected chi connectivity index (χ1v) is 6.50. The molecule has 94 valence electrons. The predicted octanol–water partition coefficient (Wildman–Crippen LogP) is 2.78. The number of benzene rings is 1. The Balaban J connectivity index is 2.02. The van der Waals surface area contributed by atoms with Crippen LogP contribution in [0.5, 0.6) is 0 Å². The fraction of sp³-hybridized carbons (Fsp3) is 0.571. The van der Waals surface area contributed by atoms with Crippen LogP contribution in [0.3, 0.4) is 0 Å². The maximum atomic E-state index is 13.2. The second-order valence-electron chi connectivity index (χ2n) is 4.87. The predicted molar refractivity (Wildman–Crippen MR) is 69.6 cm³/mol. The van der Waals surface area contributed by atoms with Gasteiger partial charge in [0.1, 0.15) is 5.82 Å². The fourth-order valence-electron chi connectivity index (χ4n) is 2.27. The van der Waals surface area contributed by atoms with Crippen LogP contribution in [0.4, 0.5) is 10.1 Å². The molecule has 0 unspecified atom stereocenters. The van der Waals surface area contributed by atoms with Gasteiger partial charge in [0, 0.05) is 18.8 Å². The average molecular weight is 236 g/mol. The second-order valence-corrected chi connectivity index (χ2v) is 4.87. The molecule has 1 aromatic rings. The van der Waals surface area contributed by atoms with Gasteiger partial charge in [0.25, 0.3) is 0 Å². The number of anilines is 1. The van der Waals surface area contributed by atoms with Crippen LogP contribution in [0.1, 0.15) is 25.7 Å². The van der Waals surface area contributed by atoms with Gasteiger partial charge in [-0.1, -0.05) is 12.5 Å². The summed E-state index contributed by atoms with van der Waals surface area (Å²) < 4.78 is 13.2. The van der Waals surface area contributed by atoms with Gasteiger partial charge in [0.2, 0.25) is 0 Å². The summed E-state index contributed by atoms with van der Waals surface area (Å²) in [5.41, 5.74) is 6.55. The Hall–Kier alpha value is -1.09. The van der Waals surface area contributed by atoms with E-state index in [1.54, 1.807) is 12.1 Å². The van der Waals surface area contributed by atoms with Crippen LogP contribution in [0.2, 0.25) is 0 Å². The number of hydrogen-bond donors (Lipinski definition) is 1. The van der Waals surface area contributed by atoms with Gasteiger partial charge in [0.05, 0.1) is 0 Å². The largest absolute Gasteiger partial charge is 0.371 e. The normalized spacial score (nSPS) is 15.6. The van der Waals surface area contributed by atoms with Gasteiger partial charge in [-0.3, -0.25) is 0 Å². The first-order valence-electron chi connectivity index (χ1n) is 6.50. The summed E-state index contributed by atoms with van der Waals surface area (Å²) in [5, 5.41) is 0. The minimum atomic E-state index is -0.158. The molecule has 0 bridgehead atoms. The molecule has 0 radical (unpaired) electrons.